The fourth-order valence-electron chi connectivity index (χ4n) is 0.742. The second-order valence-electron chi connectivity index (χ2n) is 2.67. The monoisotopic (exact) mass is 231 g/mol. The van der Waals surface area contributed by atoms with Crippen molar-refractivity contribution in [2.24, 2.45) is 0 Å². The SMILES string of the molecule is O=C(O)/C=C\C(=O)N[C@@H](CC(=O)O)C(=O)O. The van der Waals surface area contributed by atoms with E-state index in [1.165, 1.54) is 0 Å². The second kappa shape index (κ2) is 6.17. The Kier molecular flexibility index (Phi) is 5.25. The van der Waals surface area contributed by atoms with Gasteiger partial charge in [-0.25, -0.2) is 9.59 Å². The lowest BCUT2D eigenvalue weighted by atomic mass is 10.2. The Balaban J connectivity index is 4.40. The zero-order chi connectivity index (χ0) is 12.7. The Morgan fingerprint density at radius 1 is 1.06 bits per heavy atom. The van der Waals surface area contributed by atoms with Crippen molar-refractivity contribution in [1.29, 1.82) is 0 Å². The fraction of sp³-hybridized carbons (Fsp3) is 0.250. The molecule has 1 amide bonds. The van der Waals surface area contributed by atoms with Gasteiger partial charge in [0.15, 0.2) is 0 Å². The van der Waals surface area contributed by atoms with E-state index < -0.39 is 36.3 Å². The van der Waals surface area contributed by atoms with E-state index in [-0.39, 0.29) is 0 Å². The van der Waals surface area contributed by atoms with Gasteiger partial charge >= 0.3 is 17.9 Å². The van der Waals surface area contributed by atoms with Gasteiger partial charge < -0.3 is 20.6 Å². The summed E-state index contributed by atoms with van der Waals surface area (Å²) in [5.41, 5.74) is 0. The molecule has 8 nitrogen and oxygen atoms in total. The number of hydrogen-bond acceptors (Lipinski definition) is 4. The van der Waals surface area contributed by atoms with Crippen LogP contribution in [-0.2, 0) is 19.2 Å². The summed E-state index contributed by atoms with van der Waals surface area (Å²) in [5, 5.41) is 26.9. The van der Waals surface area contributed by atoms with Gasteiger partial charge in [0.05, 0.1) is 6.42 Å². The number of nitrogens with one attached hydrogen (secondary N) is 1. The normalized spacial score (nSPS) is 12.0. The fourth-order valence-corrected chi connectivity index (χ4v) is 0.742. The van der Waals surface area contributed by atoms with Gasteiger partial charge in [0.1, 0.15) is 6.04 Å². The molecule has 16 heavy (non-hydrogen) atoms. The maximum Gasteiger partial charge on any atom is 0.328 e. The highest BCUT2D eigenvalue weighted by atomic mass is 16.4. The Bertz CT molecular complexity index is 346. The van der Waals surface area contributed by atoms with E-state index in [2.05, 4.69) is 0 Å². The van der Waals surface area contributed by atoms with Gasteiger partial charge in [0, 0.05) is 12.2 Å². The number of hydrogen-bond donors (Lipinski definition) is 4. The highest BCUT2D eigenvalue weighted by molar-refractivity contribution is 5.96. The largest absolute Gasteiger partial charge is 0.481 e. The minimum Gasteiger partial charge on any atom is -0.481 e. The van der Waals surface area contributed by atoms with Crippen LogP contribution in [0.25, 0.3) is 0 Å². The van der Waals surface area contributed by atoms with Gasteiger partial charge in [-0.2, -0.15) is 0 Å². The molecule has 0 radical (unpaired) electrons. The first-order chi connectivity index (χ1) is 7.32. The van der Waals surface area contributed by atoms with Crippen molar-refractivity contribution in [3.63, 3.8) is 0 Å². The van der Waals surface area contributed by atoms with Crippen molar-refractivity contribution < 1.29 is 34.5 Å². The van der Waals surface area contributed by atoms with Crippen LogP contribution in [-0.4, -0.2) is 45.2 Å². The van der Waals surface area contributed by atoms with E-state index in [9.17, 15) is 19.2 Å². The number of rotatable bonds is 6. The Morgan fingerprint density at radius 3 is 2.00 bits per heavy atom. The minimum atomic E-state index is -1.59. The molecule has 0 aromatic heterocycles. The summed E-state index contributed by atoms with van der Waals surface area (Å²) in [5.74, 6) is -5.27. The molecule has 0 rings (SSSR count). The molecule has 0 aromatic rings. The molecule has 0 aromatic carbocycles. The minimum absolute atomic E-state index is 0.509. The van der Waals surface area contributed by atoms with Crippen molar-refractivity contribution >= 4 is 23.8 Å². The third kappa shape index (κ3) is 6.13. The van der Waals surface area contributed by atoms with Crippen molar-refractivity contribution in [2.45, 2.75) is 12.5 Å². The molecular formula is C8H9NO7. The van der Waals surface area contributed by atoms with Gasteiger partial charge in [-0.3, -0.25) is 9.59 Å². The van der Waals surface area contributed by atoms with Crippen LogP contribution in [0.1, 0.15) is 6.42 Å². The Labute approximate surface area is 89.2 Å². The first kappa shape index (κ1) is 13.6. The molecule has 0 bridgehead atoms. The molecule has 4 N–H and O–H groups in total. The molecule has 0 saturated heterocycles. The van der Waals surface area contributed by atoms with Gasteiger partial charge in [-0.1, -0.05) is 0 Å². The summed E-state index contributed by atoms with van der Waals surface area (Å²) in [6.45, 7) is 0. The summed E-state index contributed by atoms with van der Waals surface area (Å²) >= 11 is 0. The number of carboxylic acids is 3. The number of carbonyl (C=O) groups is 4. The molecular weight excluding hydrogens is 222 g/mol. The van der Waals surface area contributed by atoms with Crippen LogP contribution >= 0.6 is 0 Å². The predicted molar refractivity (Wildman–Crippen MR) is 48.6 cm³/mol. The Hall–Kier alpha value is -2.38. The quantitative estimate of drug-likeness (QED) is 0.415. The lowest BCUT2D eigenvalue weighted by Gasteiger charge is -2.09. The zero-order valence-corrected chi connectivity index (χ0v) is 7.91. The summed E-state index contributed by atoms with van der Waals surface area (Å²) in [4.78, 5) is 41.7. The van der Waals surface area contributed by atoms with Crippen LogP contribution in [0.15, 0.2) is 12.2 Å². The molecule has 0 saturated carbocycles. The van der Waals surface area contributed by atoms with E-state index in [1.807, 2.05) is 5.32 Å². The van der Waals surface area contributed by atoms with Crippen molar-refractivity contribution in [3.8, 4) is 0 Å². The number of amides is 1. The van der Waals surface area contributed by atoms with Gasteiger partial charge in [-0.05, 0) is 0 Å². The lowest BCUT2D eigenvalue weighted by molar-refractivity contribution is -0.146. The molecule has 0 spiro atoms. The molecule has 0 fully saturated rings. The number of carbonyl (C=O) groups excluding carboxylic acids is 1. The topological polar surface area (TPSA) is 141 Å². The third-order valence-corrected chi connectivity index (χ3v) is 1.37. The summed E-state index contributed by atoms with van der Waals surface area (Å²) in [6.07, 6.45) is 0.317. The second-order valence-corrected chi connectivity index (χ2v) is 2.67. The van der Waals surface area contributed by atoms with Crippen LogP contribution in [0.2, 0.25) is 0 Å². The van der Waals surface area contributed by atoms with Crippen molar-refractivity contribution in [2.75, 3.05) is 0 Å². The standard InChI is InChI=1S/C8H9NO7/c10-5(1-2-6(11)12)9-4(8(15)16)3-7(13)14/h1-2,4H,3H2,(H,9,10)(H,11,12)(H,13,14)(H,15,16)/b2-1-/t4-/m0/s1. The first-order valence-corrected chi connectivity index (χ1v) is 3.99. The number of aliphatic carboxylic acids is 3. The van der Waals surface area contributed by atoms with Gasteiger partial charge in [0.25, 0.3) is 0 Å². The number of carboxylic acid groups (broad SMARTS) is 3. The molecule has 0 unspecified atom stereocenters. The van der Waals surface area contributed by atoms with Gasteiger partial charge in [0.2, 0.25) is 5.91 Å². The molecule has 0 aliphatic heterocycles. The maximum absolute atomic E-state index is 10.9. The van der Waals surface area contributed by atoms with Crippen molar-refractivity contribution in [1.82, 2.24) is 5.32 Å². The summed E-state index contributed by atoms with van der Waals surface area (Å²) < 4.78 is 0. The van der Waals surface area contributed by atoms with E-state index in [1.54, 1.807) is 0 Å². The Morgan fingerprint density at radius 2 is 1.62 bits per heavy atom. The van der Waals surface area contributed by atoms with Crippen LogP contribution < -0.4 is 5.32 Å². The first-order valence-electron chi connectivity index (χ1n) is 3.99. The van der Waals surface area contributed by atoms with Crippen LogP contribution in [0.3, 0.4) is 0 Å². The smallest absolute Gasteiger partial charge is 0.328 e. The highest BCUT2D eigenvalue weighted by Gasteiger charge is 2.21. The lowest BCUT2D eigenvalue weighted by Crippen LogP contribution is -2.41. The molecule has 88 valence electrons. The van der Waals surface area contributed by atoms with E-state index in [4.69, 9.17) is 15.3 Å². The van der Waals surface area contributed by atoms with Gasteiger partial charge in [-0.15, -0.1) is 0 Å². The average molecular weight is 231 g/mol. The maximum atomic E-state index is 10.9. The third-order valence-electron chi connectivity index (χ3n) is 1.37. The van der Waals surface area contributed by atoms with E-state index in [0.29, 0.717) is 12.2 Å². The van der Waals surface area contributed by atoms with Crippen molar-refractivity contribution in [3.05, 3.63) is 12.2 Å². The molecule has 8 heteroatoms. The van der Waals surface area contributed by atoms with Crippen LogP contribution in [0, 0.1) is 0 Å². The highest BCUT2D eigenvalue weighted by Crippen LogP contribution is 1.93. The van der Waals surface area contributed by atoms with E-state index >= 15 is 0 Å². The molecule has 0 aliphatic carbocycles. The average Bonchev–Trinajstić information content (AvgIpc) is 2.12. The molecule has 0 aliphatic rings. The molecule has 0 heterocycles. The van der Waals surface area contributed by atoms with Crippen LogP contribution in [0.5, 0.6) is 0 Å². The van der Waals surface area contributed by atoms with Crippen LogP contribution in [0.4, 0.5) is 0 Å². The van der Waals surface area contributed by atoms with E-state index in [0.717, 1.165) is 0 Å². The predicted octanol–water partition coefficient (Wildman–Crippen LogP) is -1.33. The zero-order valence-electron chi connectivity index (χ0n) is 7.91. The summed E-state index contributed by atoms with van der Waals surface area (Å²) in [6, 6.07) is -1.59. The summed E-state index contributed by atoms with van der Waals surface area (Å²) in [7, 11) is 0. The molecule has 1 atom stereocenters.